The number of hydrogen-bond donors (Lipinski definition) is 0. The Labute approximate surface area is 332 Å². The smallest absolute Gasteiger partial charge is 0.333 e. The number of fused-ring (bicyclic) bond motifs is 11. The predicted octanol–water partition coefficient (Wildman–Crippen LogP) is 12.0. The third-order valence-corrected chi connectivity index (χ3v) is 13.3. The first-order chi connectivity index (χ1) is 28.2. The molecule has 0 radical (unpaired) electrons. The summed E-state index contributed by atoms with van der Waals surface area (Å²) in [5.41, 5.74) is 20.0. The summed E-state index contributed by atoms with van der Waals surface area (Å²) in [6.07, 6.45) is 0. The second kappa shape index (κ2) is 11.2. The first-order valence-electron chi connectivity index (χ1n) is 20.1. The van der Waals surface area contributed by atoms with Gasteiger partial charge in [-0.25, -0.2) is 0 Å². The minimum atomic E-state index is -0.550. The Morgan fingerprint density at radius 1 is 0.491 bits per heavy atom. The van der Waals surface area contributed by atoms with Crippen LogP contribution in [0.3, 0.4) is 0 Å². The van der Waals surface area contributed by atoms with Crippen LogP contribution in [0.5, 0.6) is 0 Å². The highest BCUT2D eigenvalue weighted by molar-refractivity contribution is 6.90. The lowest BCUT2D eigenvalue weighted by Gasteiger charge is -2.50. The summed E-state index contributed by atoms with van der Waals surface area (Å²) in [6, 6.07) is 73.1. The van der Waals surface area contributed by atoms with E-state index >= 15 is 0 Å². The Morgan fingerprint density at radius 2 is 1.16 bits per heavy atom. The van der Waals surface area contributed by atoms with Crippen molar-refractivity contribution in [3.8, 4) is 22.3 Å². The highest BCUT2D eigenvalue weighted by atomic mass is 15.2. The van der Waals surface area contributed by atoms with Gasteiger partial charge >= 0.3 is 6.85 Å². The molecule has 0 aliphatic carbocycles. The van der Waals surface area contributed by atoms with Gasteiger partial charge in [0.1, 0.15) is 0 Å². The topological polar surface area (TPSA) is 8.17 Å². The second-order valence-electron chi connectivity index (χ2n) is 16.0. The number of aryl methyl sites for hydroxylation is 1. The lowest BCUT2D eigenvalue weighted by Crippen LogP contribution is -2.58. The zero-order chi connectivity index (χ0) is 37.4. The van der Waals surface area contributed by atoms with E-state index in [-0.39, 0.29) is 6.85 Å². The maximum absolute atomic E-state index is 2.70. The lowest BCUT2D eigenvalue weighted by molar-refractivity contribution is 0.732. The fourth-order valence-corrected chi connectivity index (χ4v) is 11.2. The number of nitrogens with zero attached hydrogens (tertiary/aromatic N) is 2. The Bertz CT molecular complexity index is 3280. The van der Waals surface area contributed by atoms with Crippen LogP contribution in [0.2, 0.25) is 0 Å². The number of para-hydroxylation sites is 3. The molecule has 0 unspecified atom stereocenters. The Hall–Kier alpha value is -7.10. The second-order valence-corrected chi connectivity index (χ2v) is 16.0. The molecule has 3 aliphatic heterocycles. The molecule has 0 fully saturated rings. The monoisotopic (exact) mass is 722 g/mol. The quantitative estimate of drug-likeness (QED) is 0.165. The van der Waals surface area contributed by atoms with E-state index in [1.807, 2.05) is 0 Å². The van der Waals surface area contributed by atoms with Gasteiger partial charge in [-0.15, -0.1) is 0 Å². The first-order valence-corrected chi connectivity index (χ1v) is 20.1. The highest BCUT2D eigenvalue weighted by Gasteiger charge is 2.52. The van der Waals surface area contributed by atoms with Crippen LogP contribution in [0, 0.1) is 6.92 Å². The van der Waals surface area contributed by atoms with Gasteiger partial charge in [0.05, 0.1) is 11.1 Å². The molecule has 10 aromatic rings. The van der Waals surface area contributed by atoms with Crippen molar-refractivity contribution in [2.45, 2.75) is 12.3 Å². The number of hydrogen-bond acceptors (Lipinski definition) is 1. The molecular formula is C54H35BN2. The van der Waals surface area contributed by atoms with Gasteiger partial charge in [0.15, 0.2) is 0 Å². The number of rotatable bonds is 3. The van der Waals surface area contributed by atoms with Crippen molar-refractivity contribution >= 4 is 67.4 Å². The Balaban J connectivity index is 1.24. The fourth-order valence-electron chi connectivity index (χ4n) is 11.2. The Kier molecular flexibility index (Phi) is 6.14. The average Bonchev–Trinajstić information content (AvgIpc) is 3.62. The van der Waals surface area contributed by atoms with E-state index in [9.17, 15) is 0 Å². The third kappa shape index (κ3) is 3.86. The molecule has 57 heavy (non-hydrogen) atoms. The van der Waals surface area contributed by atoms with Crippen LogP contribution in [0.4, 0.5) is 17.1 Å². The molecule has 3 aliphatic rings. The van der Waals surface area contributed by atoms with E-state index < -0.39 is 5.41 Å². The summed E-state index contributed by atoms with van der Waals surface area (Å²) in [7, 11) is 0. The molecule has 1 aromatic heterocycles. The molecule has 13 rings (SSSR count). The Morgan fingerprint density at radius 3 is 1.98 bits per heavy atom. The van der Waals surface area contributed by atoms with Gasteiger partial charge in [-0.1, -0.05) is 170 Å². The van der Waals surface area contributed by atoms with E-state index in [1.54, 1.807) is 0 Å². The maximum Gasteiger partial charge on any atom is 0.333 e. The summed E-state index contributed by atoms with van der Waals surface area (Å²) in [5.74, 6) is 0. The summed E-state index contributed by atoms with van der Waals surface area (Å²) < 4.78 is 2.70. The fraction of sp³-hybridized carbons (Fsp3) is 0.0370. The third-order valence-electron chi connectivity index (χ3n) is 13.3. The van der Waals surface area contributed by atoms with Gasteiger partial charge in [0.2, 0.25) is 0 Å². The number of benzene rings is 9. The summed E-state index contributed by atoms with van der Waals surface area (Å²) >= 11 is 0. The van der Waals surface area contributed by atoms with Gasteiger partial charge in [0, 0.05) is 38.7 Å². The summed E-state index contributed by atoms with van der Waals surface area (Å²) in [4.78, 5) is 2.63. The molecular weight excluding hydrogens is 687 g/mol. The molecule has 0 saturated carbocycles. The predicted molar refractivity (Wildman–Crippen MR) is 240 cm³/mol. The molecule has 9 aromatic carbocycles. The maximum atomic E-state index is 2.70. The summed E-state index contributed by atoms with van der Waals surface area (Å²) in [5, 5.41) is 5.22. The van der Waals surface area contributed by atoms with Gasteiger partial charge < -0.3 is 9.38 Å². The van der Waals surface area contributed by atoms with Crippen LogP contribution in [0.15, 0.2) is 194 Å². The largest absolute Gasteiger partial charge is 0.375 e. The minimum Gasteiger partial charge on any atom is -0.375 e. The lowest BCUT2D eigenvalue weighted by atomic mass is 9.43. The van der Waals surface area contributed by atoms with Gasteiger partial charge in [0.25, 0.3) is 0 Å². The highest BCUT2D eigenvalue weighted by Crippen LogP contribution is 2.59. The molecule has 0 bridgehead atoms. The molecule has 264 valence electrons. The minimum absolute atomic E-state index is 0.0438. The van der Waals surface area contributed by atoms with Crippen molar-refractivity contribution in [3.63, 3.8) is 0 Å². The van der Waals surface area contributed by atoms with Crippen molar-refractivity contribution in [3.05, 3.63) is 222 Å². The molecule has 2 nitrogen and oxygen atoms in total. The van der Waals surface area contributed by atoms with E-state index in [2.05, 4.69) is 210 Å². The van der Waals surface area contributed by atoms with E-state index in [0.29, 0.717) is 0 Å². The normalized spacial score (nSPS) is 14.1. The molecule has 0 N–H and O–H groups in total. The van der Waals surface area contributed by atoms with Crippen molar-refractivity contribution in [2.75, 3.05) is 4.90 Å². The van der Waals surface area contributed by atoms with Crippen molar-refractivity contribution in [1.82, 2.24) is 4.48 Å². The molecule has 0 saturated heterocycles. The zero-order valence-electron chi connectivity index (χ0n) is 31.4. The molecule has 3 heteroatoms. The van der Waals surface area contributed by atoms with Crippen molar-refractivity contribution in [1.29, 1.82) is 0 Å². The number of aromatic nitrogens is 1. The van der Waals surface area contributed by atoms with Crippen molar-refractivity contribution in [2.24, 2.45) is 0 Å². The average molecular weight is 723 g/mol. The van der Waals surface area contributed by atoms with Crippen LogP contribution in [-0.2, 0) is 5.41 Å². The summed E-state index contributed by atoms with van der Waals surface area (Å²) in [6.45, 7) is 2.20. The molecule has 0 spiro atoms. The van der Waals surface area contributed by atoms with E-state index in [1.165, 1.54) is 111 Å². The van der Waals surface area contributed by atoms with Gasteiger partial charge in [-0.3, -0.25) is 0 Å². The van der Waals surface area contributed by atoms with E-state index in [4.69, 9.17) is 0 Å². The standard InChI is InChI=1S/C54H35BN2/c1-34-16-8-10-22-39(34)36-32-43-41-24-14-25-42-50-40-23-11-9-17-35(40)30-31-48(50)57(52(41)42)55-46-28-15-27-45-53(46)56(49(33-36)51(43)55)47-29-13-12-26-44(47)54(45,37-18-4-2-5-19-37)38-20-6-3-7-21-38/h2-33H,1H3. The number of anilines is 3. The van der Waals surface area contributed by atoms with Crippen LogP contribution >= 0.6 is 0 Å². The van der Waals surface area contributed by atoms with Gasteiger partial charge in [-0.05, 0) is 97.4 Å². The van der Waals surface area contributed by atoms with Gasteiger partial charge in [-0.2, -0.15) is 0 Å². The zero-order valence-corrected chi connectivity index (χ0v) is 31.4. The SMILES string of the molecule is Cc1ccccc1-c1cc2c3c(c1)N1c4ccccc4C(c4ccccc4)(c4ccccc4)c4cccc(c41)B3n1c3ccc4ccccc4c3c3cccc-2c31. The van der Waals surface area contributed by atoms with Crippen LogP contribution in [0.25, 0.3) is 54.8 Å². The molecule has 0 amide bonds. The molecule has 0 atom stereocenters. The van der Waals surface area contributed by atoms with Crippen LogP contribution in [-0.4, -0.2) is 11.3 Å². The van der Waals surface area contributed by atoms with Crippen molar-refractivity contribution < 1.29 is 0 Å². The first kappa shape index (κ1) is 31.1. The molecule has 4 heterocycles. The van der Waals surface area contributed by atoms with Crippen LogP contribution < -0.4 is 15.8 Å². The van der Waals surface area contributed by atoms with E-state index in [0.717, 1.165) is 0 Å². The van der Waals surface area contributed by atoms with Crippen LogP contribution in [0.1, 0.15) is 27.8 Å².